The fraction of sp³-hybridized carbons (Fsp3) is 0.349. The van der Waals surface area contributed by atoms with E-state index in [0.717, 1.165) is 30.3 Å². The van der Waals surface area contributed by atoms with E-state index in [2.05, 4.69) is 205 Å². The van der Waals surface area contributed by atoms with Gasteiger partial charge in [0.05, 0.1) is 5.69 Å². The molecule has 3 saturated carbocycles. The average molecular weight is 874 g/mol. The second kappa shape index (κ2) is 14.1. The molecule has 1 aromatic heterocycles. The largest absolute Gasteiger partial charge is 0.311 e. The van der Waals surface area contributed by atoms with Gasteiger partial charge in [0.1, 0.15) is 5.82 Å². The Morgan fingerprint density at radius 1 is 0.448 bits per heavy atom. The van der Waals surface area contributed by atoms with Crippen molar-refractivity contribution in [1.29, 1.82) is 0 Å². The van der Waals surface area contributed by atoms with Gasteiger partial charge in [0.15, 0.2) is 0 Å². The molecule has 0 saturated heterocycles. The van der Waals surface area contributed by atoms with Crippen molar-refractivity contribution in [3.8, 4) is 22.3 Å². The molecule has 14 rings (SSSR count). The second-order valence-corrected chi connectivity index (χ2v) is 24.3. The lowest BCUT2D eigenvalue weighted by Crippen LogP contribution is -2.62. The van der Waals surface area contributed by atoms with E-state index in [0.29, 0.717) is 0 Å². The van der Waals surface area contributed by atoms with Crippen molar-refractivity contribution in [2.24, 2.45) is 5.92 Å². The number of hydrogen-bond donors (Lipinski definition) is 0. The molecule has 0 radical (unpaired) electrons. The number of aromatic nitrogens is 1. The summed E-state index contributed by atoms with van der Waals surface area (Å²) in [5.74, 6) is 1.97. The van der Waals surface area contributed by atoms with E-state index in [-0.39, 0.29) is 33.8 Å². The highest BCUT2D eigenvalue weighted by atomic mass is 15.2. The number of pyridine rings is 1. The van der Waals surface area contributed by atoms with Crippen LogP contribution in [0.25, 0.3) is 22.3 Å². The van der Waals surface area contributed by atoms with Crippen LogP contribution in [0, 0.1) is 5.92 Å². The zero-order valence-corrected chi connectivity index (χ0v) is 40.9. The quantitative estimate of drug-likeness (QED) is 0.161. The van der Waals surface area contributed by atoms with Crippen LogP contribution in [-0.2, 0) is 27.1 Å². The molecule has 2 aliphatic heterocycles. The van der Waals surface area contributed by atoms with Gasteiger partial charge in [0.2, 0.25) is 0 Å². The number of benzene rings is 6. The van der Waals surface area contributed by atoms with Crippen molar-refractivity contribution < 1.29 is 0 Å². The van der Waals surface area contributed by atoms with Crippen LogP contribution in [0.5, 0.6) is 0 Å². The number of fused-ring (bicyclic) bond motifs is 9. The Balaban J connectivity index is 1.14. The van der Waals surface area contributed by atoms with Gasteiger partial charge in [-0.05, 0) is 182 Å². The van der Waals surface area contributed by atoms with Crippen LogP contribution >= 0.6 is 0 Å². The topological polar surface area (TPSA) is 19.4 Å². The first-order valence-corrected chi connectivity index (χ1v) is 25.5. The lowest BCUT2D eigenvalue weighted by atomic mass is 9.33. The van der Waals surface area contributed by atoms with Gasteiger partial charge in [0.25, 0.3) is 6.71 Å². The van der Waals surface area contributed by atoms with Gasteiger partial charge >= 0.3 is 0 Å². The SMILES string of the molecule is CC1(C)CC(C)(C)c2cc(N3c4cc5c(cc4B4c6cc(-c7ccccc7)ccc6N(c6ccc(-c7ccccc7)cc6)c6nc(C78CCC(CC7)CC8)cc3c64)C(C)(C)CC5(C)C)ccc21. The third-order valence-electron chi connectivity index (χ3n) is 18.0. The highest BCUT2D eigenvalue weighted by Gasteiger charge is 2.51. The zero-order chi connectivity index (χ0) is 45.8. The van der Waals surface area contributed by atoms with Crippen molar-refractivity contribution >= 4 is 57.4 Å². The summed E-state index contributed by atoms with van der Waals surface area (Å²) in [6, 6.07) is 53.9. The van der Waals surface area contributed by atoms with Gasteiger partial charge in [-0.25, -0.2) is 4.98 Å². The molecule has 7 aromatic rings. The summed E-state index contributed by atoms with van der Waals surface area (Å²) < 4.78 is 0. The molecule has 0 atom stereocenters. The maximum atomic E-state index is 6.14. The normalized spacial score (nSPS) is 22.7. The Hall–Kier alpha value is -5.87. The molecule has 3 heterocycles. The standard InChI is InChI=1S/C63H64BN3/c1-59(2)38-60(3,4)48-34-46(24-25-47(48)59)66-54-36-50-49(61(5,6)39-62(50,7)8)35-52(54)64-51-33-44(42-17-13-10-14-18-42)21-26-53(51)67(45-22-19-43(20-23-45)41-15-11-9-12-16-41)58-57(64)55(66)37-56(65-58)63-30-27-40(28-31-63)29-32-63/h9-26,33-37,40H,27-32,38-39H2,1-8H3. The van der Waals surface area contributed by atoms with Gasteiger partial charge in [-0.1, -0.05) is 152 Å². The molecule has 3 fully saturated rings. The van der Waals surface area contributed by atoms with Crippen LogP contribution in [0.2, 0.25) is 0 Å². The van der Waals surface area contributed by atoms with Crippen molar-refractivity contribution in [3.63, 3.8) is 0 Å². The molecule has 0 unspecified atom stereocenters. The van der Waals surface area contributed by atoms with Crippen LogP contribution in [0.15, 0.2) is 140 Å². The summed E-state index contributed by atoms with van der Waals surface area (Å²) in [6.07, 6.45) is 9.88. The molecule has 5 aliphatic carbocycles. The van der Waals surface area contributed by atoms with E-state index in [1.54, 1.807) is 0 Å². The molecule has 0 N–H and O–H groups in total. The lowest BCUT2D eigenvalue weighted by molar-refractivity contribution is 0.132. The predicted molar refractivity (Wildman–Crippen MR) is 283 cm³/mol. The molecule has 0 spiro atoms. The van der Waals surface area contributed by atoms with E-state index < -0.39 is 0 Å². The third-order valence-corrected chi connectivity index (χ3v) is 18.0. The third kappa shape index (κ3) is 6.13. The first-order valence-electron chi connectivity index (χ1n) is 25.5. The molecule has 3 nitrogen and oxygen atoms in total. The van der Waals surface area contributed by atoms with E-state index in [9.17, 15) is 0 Å². The second-order valence-electron chi connectivity index (χ2n) is 24.3. The van der Waals surface area contributed by atoms with Crippen molar-refractivity contribution in [2.45, 2.75) is 134 Å². The van der Waals surface area contributed by atoms with Crippen molar-refractivity contribution in [3.05, 3.63) is 167 Å². The van der Waals surface area contributed by atoms with Gasteiger partial charge in [0, 0.05) is 33.9 Å². The van der Waals surface area contributed by atoms with E-state index >= 15 is 0 Å². The minimum atomic E-state index is -0.00879. The minimum absolute atomic E-state index is 0.00879. The highest BCUT2D eigenvalue weighted by molar-refractivity contribution is 7.00. The van der Waals surface area contributed by atoms with Crippen LogP contribution in [0.4, 0.5) is 34.3 Å². The molecule has 2 bridgehead atoms. The van der Waals surface area contributed by atoms with Gasteiger partial charge in [-0.2, -0.15) is 0 Å². The Labute approximate surface area is 399 Å². The summed E-state index contributed by atoms with van der Waals surface area (Å²) in [7, 11) is 0. The summed E-state index contributed by atoms with van der Waals surface area (Å²) in [4.78, 5) is 11.4. The average Bonchev–Trinajstić information content (AvgIpc) is 3.65. The van der Waals surface area contributed by atoms with Crippen molar-refractivity contribution in [1.82, 2.24) is 4.98 Å². The zero-order valence-electron chi connectivity index (χ0n) is 40.9. The lowest BCUT2D eigenvalue weighted by Gasteiger charge is -2.49. The molecular formula is C63H64BN3. The van der Waals surface area contributed by atoms with E-state index in [4.69, 9.17) is 4.98 Å². The monoisotopic (exact) mass is 874 g/mol. The Bertz CT molecular complexity index is 3140. The first-order chi connectivity index (χ1) is 32.1. The van der Waals surface area contributed by atoms with Crippen LogP contribution in [0.1, 0.15) is 135 Å². The number of nitrogens with zero attached hydrogens (tertiary/aromatic N) is 3. The van der Waals surface area contributed by atoms with Crippen LogP contribution in [0.3, 0.4) is 0 Å². The summed E-state index contributed by atoms with van der Waals surface area (Å²) in [6.45, 7) is 19.7. The van der Waals surface area contributed by atoms with Gasteiger partial charge < -0.3 is 4.90 Å². The molecule has 6 aromatic carbocycles. The summed E-state index contributed by atoms with van der Waals surface area (Å²) in [5, 5.41) is 0. The Morgan fingerprint density at radius 2 is 0.970 bits per heavy atom. The molecule has 0 amide bonds. The van der Waals surface area contributed by atoms with Crippen LogP contribution < -0.4 is 26.2 Å². The maximum absolute atomic E-state index is 6.14. The fourth-order valence-corrected chi connectivity index (χ4v) is 15.1. The molecular weight excluding hydrogens is 810 g/mol. The number of hydrogen-bond acceptors (Lipinski definition) is 3. The smallest absolute Gasteiger partial charge is 0.254 e. The number of rotatable bonds is 5. The van der Waals surface area contributed by atoms with Gasteiger partial charge in [-0.15, -0.1) is 0 Å². The maximum Gasteiger partial charge on any atom is 0.254 e. The summed E-state index contributed by atoms with van der Waals surface area (Å²) in [5.41, 5.74) is 23.0. The molecule has 7 aliphatic rings. The molecule has 334 valence electrons. The predicted octanol–water partition coefficient (Wildman–Crippen LogP) is 14.6. The van der Waals surface area contributed by atoms with E-state index in [1.807, 2.05) is 0 Å². The van der Waals surface area contributed by atoms with Crippen molar-refractivity contribution in [2.75, 3.05) is 9.80 Å². The number of anilines is 6. The highest BCUT2D eigenvalue weighted by Crippen LogP contribution is 2.57. The molecule has 67 heavy (non-hydrogen) atoms. The Kier molecular flexibility index (Phi) is 8.70. The fourth-order valence-electron chi connectivity index (χ4n) is 15.1. The first kappa shape index (κ1) is 41.3. The summed E-state index contributed by atoms with van der Waals surface area (Å²) >= 11 is 0. The van der Waals surface area contributed by atoms with Crippen LogP contribution in [-0.4, -0.2) is 11.7 Å². The molecule has 4 heteroatoms. The van der Waals surface area contributed by atoms with Gasteiger partial charge in [-0.3, -0.25) is 4.90 Å². The Morgan fingerprint density at radius 3 is 1.61 bits per heavy atom. The minimum Gasteiger partial charge on any atom is -0.311 e. The van der Waals surface area contributed by atoms with E-state index in [1.165, 1.54) is 128 Å².